The van der Waals surface area contributed by atoms with Crippen LogP contribution in [0.25, 0.3) is 22.3 Å². The van der Waals surface area contributed by atoms with Crippen molar-refractivity contribution in [3.8, 4) is 22.3 Å². The number of aliphatic imine (C=N–C) groups is 1. The van der Waals surface area contributed by atoms with Gasteiger partial charge < -0.3 is 10.6 Å². The molecule has 2 aliphatic rings. The zero-order valence-electron chi connectivity index (χ0n) is 27.0. The minimum atomic E-state index is -0.149. The second-order valence-corrected chi connectivity index (χ2v) is 13.1. The maximum atomic E-state index is 5.23. The van der Waals surface area contributed by atoms with Crippen molar-refractivity contribution in [1.82, 2.24) is 10.2 Å². The molecule has 4 heteroatoms. The highest BCUT2D eigenvalue weighted by Crippen LogP contribution is 2.51. The number of nitrogens with one attached hydrogen (secondary N) is 2. The highest BCUT2D eigenvalue weighted by atomic mass is 15.4. The molecule has 0 radical (unpaired) electrons. The molecule has 0 fully saturated rings. The normalized spacial score (nSPS) is 18.1. The van der Waals surface area contributed by atoms with Crippen LogP contribution in [0.15, 0.2) is 157 Å². The SMILES string of the molecule is CN1C(c2ccc(Nc3cc4c(cc3-c3ccccc3)C(C)(C)c3ccccc3-4)cc2)N=C(c2ccccc2)NC1c1ccccc1. The Morgan fingerprint density at radius 3 is 1.91 bits per heavy atom. The van der Waals surface area contributed by atoms with Gasteiger partial charge in [-0.15, -0.1) is 0 Å². The van der Waals surface area contributed by atoms with Crippen LogP contribution in [-0.4, -0.2) is 17.8 Å². The monoisotopic (exact) mass is 610 g/mol. The van der Waals surface area contributed by atoms with Crippen LogP contribution in [-0.2, 0) is 5.41 Å². The summed E-state index contributed by atoms with van der Waals surface area (Å²) in [6.45, 7) is 4.67. The molecule has 0 bridgehead atoms. The molecule has 1 heterocycles. The molecule has 0 aromatic heterocycles. The molecule has 8 rings (SSSR count). The van der Waals surface area contributed by atoms with E-state index >= 15 is 0 Å². The minimum Gasteiger partial charge on any atom is -0.355 e. The molecule has 2 unspecified atom stereocenters. The molecule has 6 aromatic carbocycles. The molecular weight excluding hydrogens is 573 g/mol. The largest absolute Gasteiger partial charge is 0.355 e. The number of nitrogens with zero attached hydrogens (tertiary/aromatic N) is 2. The van der Waals surface area contributed by atoms with Gasteiger partial charge >= 0.3 is 0 Å². The third-order valence-corrected chi connectivity index (χ3v) is 9.77. The standard InChI is InChI=1S/C43H38N4/c1-43(2)37-22-14-13-21-34(37)36-28-39(35(27-38(36)43)29-15-7-4-8-16-29)44-33-25-23-32(24-26-33)42-46-40(30-17-9-5-10-18-30)45-41(47(42)3)31-19-11-6-12-20-31/h4-28,41-42,44H,1-3H3,(H,45,46). The molecule has 230 valence electrons. The number of fused-ring (bicyclic) bond motifs is 3. The highest BCUT2D eigenvalue weighted by Gasteiger charge is 2.36. The van der Waals surface area contributed by atoms with Gasteiger partial charge in [-0.3, -0.25) is 4.90 Å². The topological polar surface area (TPSA) is 39.7 Å². The lowest BCUT2D eigenvalue weighted by molar-refractivity contribution is 0.152. The number of benzene rings is 6. The van der Waals surface area contributed by atoms with Crippen molar-refractivity contribution >= 4 is 17.2 Å². The van der Waals surface area contributed by atoms with Crippen LogP contribution in [0, 0.1) is 0 Å². The Hall–Kier alpha value is -5.45. The van der Waals surface area contributed by atoms with E-state index in [-0.39, 0.29) is 17.7 Å². The fourth-order valence-corrected chi connectivity index (χ4v) is 7.24. The quantitative estimate of drug-likeness (QED) is 0.197. The molecule has 1 aliphatic carbocycles. The maximum Gasteiger partial charge on any atom is 0.132 e. The summed E-state index contributed by atoms with van der Waals surface area (Å²) in [6.07, 6.45) is -0.164. The first-order chi connectivity index (χ1) is 23.0. The maximum absolute atomic E-state index is 5.23. The Labute approximate surface area is 277 Å². The van der Waals surface area contributed by atoms with Gasteiger partial charge in [-0.25, -0.2) is 4.99 Å². The van der Waals surface area contributed by atoms with Gasteiger partial charge in [0.15, 0.2) is 0 Å². The number of rotatable bonds is 6. The average Bonchev–Trinajstić information content (AvgIpc) is 3.35. The summed E-state index contributed by atoms with van der Waals surface area (Å²) >= 11 is 0. The van der Waals surface area contributed by atoms with E-state index in [1.807, 2.05) is 6.07 Å². The summed E-state index contributed by atoms with van der Waals surface area (Å²) in [5.41, 5.74) is 13.3. The molecule has 1 aliphatic heterocycles. The van der Waals surface area contributed by atoms with Crippen molar-refractivity contribution < 1.29 is 0 Å². The van der Waals surface area contributed by atoms with Crippen LogP contribution >= 0.6 is 0 Å². The lowest BCUT2D eigenvalue weighted by atomic mass is 9.81. The summed E-state index contributed by atoms with van der Waals surface area (Å²) in [7, 11) is 2.14. The number of hydrogen-bond acceptors (Lipinski definition) is 4. The van der Waals surface area contributed by atoms with E-state index < -0.39 is 0 Å². The van der Waals surface area contributed by atoms with Gasteiger partial charge in [0.05, 0.1) is 0 Å². The first kappa shape index (κ1) is 29.0. The molecule has 4 nitrogen and oxygen atoms in total. The van der Waals surface area contributed by atoms with E-state index in [0.717, 1.165) is 28.3 Å². The molecule has 2 atom stereocenters. The predicted molar refractivity (Wildman–Crippen MR) is 195 cm³/mol. The summed E-state index contributed by atoms with van der Waals surface area (Å²) in [4.78, 5) is 7.53. The number of amidine groups is 1. The van der Waals surface area contributed by atoms with Gasteiger partial charge in [0, 0.05) is 27.9 Å². The Morgan fingerprint density at radius 1 is 0.596 bits per heavy atom. The first-order valence-electron chi connectivity index (χ1n) is 16.3. The average molecular weight is 611 g/mol. The van der Waals surface area contributed by atoms with Gasteiger partial charge in [-0.05, 0) is 70.3 Å². The summed E-state index contributed by atoms with van der Waals surface area (Å²) in [5, 5.41) is 7.51. The molecule has 47 heavy (non-hydrogen) atoms. The summed E-state index contributed by atoms with van der Waals surface area (Å²) < 4.78 is 0. The lowest BCUT2D eigenvalue weighted by Gasteiger charge is -2.39. The van der Waals surface area contributed by atoms with Crippen molar-refractivity contribution in [3.05, 3.63) is 179 Å². The second-order valence-electron chi connectivity index (χ2n) is 13.1. The fraction of sp³-hybridized carbons (Fsp3) is 0.140. The van der Waals surface area contributed by atoms with Crippen LogP contribution in [0.4, 0.5) is 11.4 Å². The molecule has 0 amide bonds. The fourth-order valence-electron chi connectivity index (χ4n) is 7.24. The van der Waals surface area contributed by atoms with Crippen molar-refractivity contribution in [2.24, 2.45) is 4.99 Å². The van der Waals surface area contributed by atoms with Crippen LogP contribution < -0.4 is 10.6 Å². The van der Waals surface area contributed by atoms with Gasteiger partial charge in [-0.1, -0.05) is 141 Å². The van der Waals surface area contributed by atoms with E-state index in [0.29, 0.717) is 0 Å². The van der Waals surface area contributed by atoms with Crippen molar-refractivity contribution in [2.45, 2.75) is 31.6 Å². The van der Waals surface area contributed by atoms with E-state index in [1.54, 1.807) is 0 Å². The molecule has 2 N–H and O–H groups in total. The Morgan fingerprint density at radius 2 is 1.21 bits per heavy atom. The molecule has 6 aromatic rings. The molecular formula is C43H38N4. The smallest absolute Gasteiger partial charge is 0.132 e. The van der Waals surface area contributed by atoms with Gasteiger partial charge in [0.2, 0.25) is 0 Å². The predicted octanol–water partition coefficient (Wildman–Crippen LogP) is 10.1. The number of anilines is 2. The molecule has 0 saturated carbocycles. The van der Waals surface area contributed by atoms with E-state index in [2.05, 4.69) is 182 Å². The zero-order chi connectivity index (χ0) is 32.0. The zero-order valence-corrected chi connectivity index (χ0v) is 27.0. The van der Waals surface area contributed by atoms with Gasteiger partial charge in [0.25, 0.3) is 0 Å². The summed E-state index contributed by atoms with van der Waals surface area (Å²) in [6, 6.07) is 54.0. The molecule has 0 spiro atoms. The second kappa shape index (κ2) is 11.7. The molecule has 0 saturated heterocycles. The summed E-state index contributed by atoms with van der Waals surface area (Å²) in [5.74, 6) is 0.901. The van der Waals surface area contributed by atoms with E-state index in [4.69, 9.17) is 4.99 Å². The minimum absolute atomic E-state index is 0.0151. The van der Waals surface area contributed by atoms with Crippen LogP contribution in [0.1, 0.15) is 54.0 Å². The van der Waals surface area contributed by atoms with Crippen molar-refractivity contribution in [3.63, 3.8) is 0 Å². The van der Waals surface area contributed by atoms with Crippen molar-refractivity contribution in [2.75, 3.05) is 12.4 Å². The van der Waals surface area contributed by atoms with Crippen LogP contribution in [0.2, 0.25) is 0 Å². The third-order valence-electron chi connectivity index (χ3n) is 9.77. The van der Waals surface area contributed by atoms with E-state index in [1.165, 1.54) is 38.9 Å². The van der Waals surface area contributed by atoms with Crippen LogP contribution in [0.5, 0.6) is 0 Å². The Kier molecular flexibility index (Phi) is 7.23. The Bertz CT molecular complexity index is 2070. The van der Waals surface area contributed by atoms with E-state index in [9.17, 15) is 0 Å². The number of hydrogen-bond donors (Lipinski definition) is 2. The Balaban J connectivity index is 1.16. The van der Waals surface area contributed by atoms with Gasteiger partial charge in [0.1, 0.15) is 18.2 Å². The third kappa shape index (κ3) is 5.21. The first-order valence-corrected chi connectivity index (χ1v) is 16.3. The van der Waals surface area contributed by atoms with Crippen LogP contribution in [0.3, 0.4) is 0 Å². The van der Waals surface area contributed by atoms with Gasteiger partial charge in [-0.2, -0.15) is 0 Å². The van der Waals surface area contributed by atoms with Crippen molar-refractivity contribution in [1.29, 1.82) is 0 Å². The lowest BCUT2D eigenvalue weighted by Crippen LogP contribution is -2.45. The highest BCUT2D eigenvalue weighted by molar-refractivity contribution is 5.99.